The van der Waals surface area contributed by atoms with Gasteiger partial charge in [-0.15, -0.1) is 5.10 Å². The second-order valence-electron chi connectivity index (χ2n) is 6.79. The van der Waals surface area contributed by atoms with Crippen molar-refractivity contribution in [3.8, 4) is 23.0 Å². The molecule has 6 heteroatoms. The third kappa shape index (κ3) is 4.81. The zero-order chi connectivity index (χ0) is 21.5. The maximum atomic E-state index is 12.2. The lowest BCUT2D eigenvalue weighted by Crippen LogP contribution is -2.06. The molecule has 3 aromatic rings. The van der Waals surface area contributed by atoms with Crippen molar-refractivity contribution in [1.29, 1.82) is 0 Å². The standard InChI is InChI=1S/C24H23N3O3/c1-3-5-11-22-25-23(21(28)8-4-2)26-27(22)16-17-12-14-18(15-13-17)19-9-6-7-10-20(19)24(29)30/h6-7,9-10,12-15H,3-4,8,16H2,1-2H3,(H,29,30). The number of hydrogen-bond donors (Lipinski definition) is 1. The molecule has 0 bridgehead atoms. The normalized spacial score (nSPS) is 10.3. The van der Waals surface area contributed by atoms with Gasteiger partial charge >= 0.3 is 5.97 Å². The van der Waals surface area contributed by atoms with Gasteiger partial charge in [0, 0.05) is 12.8 Å². The Balaban J connectivity index is 1.88. The van der Waals surface area contributed by atoms with E-state index in [1.54, 1.807) is 22.9 Å². The van der Waals surface area contributed by atoms with Crippen molar-refractivity contribution in [1.82, 2.24) is 14.8 Å². The number of aromatic nitrogens is 3. The van der Waals surface area contributed by atoms with Crippen LogP contribution in [0, 0.1) is 11.8 Å². The quantitative estimate of drug-likeness (QED) is 0.467. The molecule has 6 nitrogen and oxygen atoms in total. The fraction of sp³-hybridized carbons (Fsp3) is 0.250. The van der Waals surface area contributed by atoms with E-state index in [1.807, 2.05) is 44.2 Å². The maximum absolute atomic E-state index is 12.2. The summed E-state index contributed by atoms with van der Waals surface area (Å²) in [7, 11) is 0. The molecular weight excluding hydrogens is 378 g/mol. The second-order valence-corrected chi connectivity index (χ2v) is 6.79. The summed E-state index contributed by atoms with van der Waals surface area (Å²) in [6.07, 6.45) is 1.83. The van der Waals surface area contributed by atoms with E-state index in [-0.39, 0.29) is 17.2 Å². The summed E-state index contributed by atoms with van der Waals surface area (Å²) < 4.78 is 1.64. The van der Waals surface area contributed by atoms with Crippen LogP contribution >= 0.6 is 0 Å². The van der Waals surface area contributed by atoms with Gasteiger partial charge in [-0.05, 0) is 35.1 Å². The van der Waals surface area contributed by atoms with Crippen LogP contribution in [-0.4, -0.2) is 31.6 Å². The molecule has 2 aromatic carbocycles. The summed E-state index contributed by atoms with van der Waals surface area (Å²) in [4.78, 5) is 28.0. The minimum absolute atomic E-state index is 0.0866. The van der Waals surface area contributed by atoms with E-state index in [1.165, 1.54) is 0 Å². The molecule has 0 unspecified atom stereocenters. The highest BCUT2D eigenvalue weighted by Gasteiger charge is 2.15. The van der Waals surface area contributed by atoms with Crippen LogP contribution in [0.3, 0.4) is 0 Å². The van der Waals surface area contributed by atoms with Crippen LogP contribution in [-0.2, 0) is 6.54 Å². The Morgan fingerprint density at radius 3 is 2.47 bits per heavy atom. The summed E-state index contributed by atoms with van der Waals surface area (Å²) >= 11 is 0. The SMILES string of the molecule is CCC#Cc1nc(C(=O)CCC)nn1Cc1ccc(-c2ccccc2C(=O)O)cc1. The number of rotatable bonds is 7. The van der Waals surface area contributed by atoms with E-state index in [4.69, 9.17) is 0 Å². The number of aromatic carboxylic acids is 1. The van der Waals surface area contributed by atoms with Crippen LogP contribution in [0.25, 0.3) is 11.1 Å². The molecule has 0 amide bonds. The monoisotopic (exact) mass is 401 g/mol. The molecule has 1 N–H and O–H groups in total. The van der Waals surface area contributed by atoms with E-state index in [2.05, 4.69) is 21.9 Å². The van der Waals surface area contributed by atoms with E-state index in [0.717, 1.165) is 17.5 Å². The molecule has 1 heterocycles. The largest absolute Gasteiger partial charge is 0.478 e. The highest BCUT2D eigenvalue weighted by molar-refractivity contribution is 5.96. The van der Waals surface area contributed by atoms with Crippen molar-refractivity contribution in [2.45, 2.75) is 39.7 Å². The first kappa shape index (κ1) is 21.0. The molecule has 0 aliphatic rings. The average molecular weight is 401 g/mol. The smallest absolute Gasteiger partial charge is 0.336 e. The first-order valence-electron chi connectivity index (χ1n) is 9.92. The lowest BCUT2D eigenvalue weighted by atomic mass is 9.99. The molecule has 0 radical (unpaired) electrons. The van der Waals surface area contributed by atoms with Crippen molar-refractivity contribution >= 4 is 11.8 Å². The van der Waals surface area contributed by atoms with Crippen molar-refractivity contribution in [2.24, 2.45) is 0 Å². The Hall–Kier alpha value is -3.72. The highest BCUT2D eigenvalue weighted by Crippen LogP contribution is 2.24. The number of Topliss-reactive ketones (excluding diaryl/α,β-unsaturated/α-hetero) is 1. The first-order chi connectivity index (χ1) is 14.5. The van der Waals surface area contributed by atoms with Crippen molar-refractivity contribution in [2.75, 3.05) is 0 Å². The number of ketones is 1. The molecule has 0 saturated carbocycles. The minimum Gasteiger partial charge on any atom is -0.478 e. The number of hydrogen-bond acceptors (Lipinski definition) is 4. The Morgan fingerprint density at radius 2 is 1.80 bits per heavy atom. The summed E-state index contributed by atoms with van der Waals surface area (Å²) in [5.41, 5.74) is 2.70. The lowest BCUT2D eigenvalue weighted by molar-refractivity contribution is 0.0697. The van der Waals surface area contributed by atoms with Crippen molar-refractivity contribution < 1.29 is 14.7 Å². The van der Waals surface area contributed by atoms with E-state index in [9.17, 15) is 14.7 Å². The number of carbonyl (C=O) groups excluding carboxylic acids is 1. The minimum atomic E-state index is -0.958. The molecule has 0 fully saturated rings. The summed E-state index contributed by atoms with van der Waals surface area (Å²) in [5.74, 6) is 5.58. The molecule has 0 atom stereocenters. The molecule has 30 heavy (non-hydrogen) atoms. The van der Waals surface area contributed by atoms with Crippen molar-refractivity contribution in [3.63, 3.8) is 0 Å². The summed E-state index contributed by atoms with van der Waals surface area (Å²) in [6, 6.07) is 14.5. The van der Waals surface area contributed by atoms with Crippen LogP contribution in [0.4, 0.5) is 0 Å². The maximum Gasteiger partial charge on any atom is 0.336 e. The summed E-state index contributed by atoms with van der Waals surface area (Å²) in [5, 5.41) is 13.8. The van der Waals surface area contributed by atoms with Gasteiger partial charge in [-0.1, -0.05) is 62.2 Å². The van der Waals surface area contributed by atoms with Crippen LogP contribution in [0.15, 0.2) is 48.5 Å². The zero-order valence-corrected chi connectivity index (χ0v) is 17.1. The Labute approximate surface area is 175 Å². The van der Waals surface area contributed by atoms with Gasteiger partial charge in [-0.2, -0.15) is 4.98 Å². The molecule has 0 spiro atoms. The Morgan fingerprint density at radius 1 is 1.07 bits per heavy atom. The van der Waals surface area contributed by atoms with Gasteiger partial charge in [-0.3, -0.25) is 4.79 Å². The number of carbonyl (C=O) groups is 2. The number of carboxylic acids is 1. The second kappa shape index (κ2) is 9.66. The predicted octanol–water partition coefficient (Wildman–Crippen LogP) is 4.44. The van der Waals surface area contributed by atoms with Crippen molar-refractivity contribution in [3.05, 3.63) is 71.3 Å². The molecule has 152 valence electrons. The van der Waals surface area contributed by atoms with Gasteiger partial charge in [0.1, 0.15) is 0 Å². The van der Waals surface area contributed by atoms with Gasteiger partial charge in [0.15, 0.2) is 0 Å². The Kier molecular flexibility index (Phi) is 6.76. The van der Waals surface area contributed by atoms with Gasteiger partial charge in [0.25, 0.3) is 0 Å². The highest BCUT2D eigenvalue weighted by atomic mass is 16.4. The third-order valence-corrected chi connectivity index (χ3v) is 4.53. The topological polar surface area (TPSA) is 85.1 Å². The molecule has 0 aliphatic heterocycles. The summed E-state index contributed by atoms with van der Waals surface area (Å²) in [6.45, 7) is 4.31. The fourth-order valence-electron chi connectivity index (χ4n) is 3.05. The molecular formula is C24H23N3O3. The van der Waals surface area contributed by atoms with Crippen LogP contribution in [0.1, 0.15) is 65.5 Å². The fourth-order valence-corrected chi connectivity index (χ4v) is 3.05. The first-order valence-corrected chi connectivity index (χ1v) is 9.92. The zero-order valence-electron chi connectivity index (χ0n) is 17.1. The van der Waals surface area contributed by atoms with Crippen LogP contribution in [0.5, 0.6) is 0 Å². The predicted molar refractivity (Wildman–Crippen MR) is 114 cm³/mol. The number of carboxylic acid groups (broad SMARTS) is 1. The van der Waals surface area contributed by atoms with Gasteiger partial charge in [0.05, 0.1) is 12.1 Å². The third-order valence-electron chi connectivity index (χ3n) is 4.53. The number of nitrogens with zero attached hydrogens (tertiary/aromatic N) is 3. The van der Waals surface area contributed by atoms with Gasteiger partial charge < -0.3 is 5.11 Å². The van der Waals surface area contributed by atoms with E-state index < -0.39 is 5.97 Å². The van der Waals surface area contributed by atoms with Crippen LogP contribution in [0.2, 0.25) is 0 Å². The molecule has 0 aliphatic carbocycles. The van der Waals surface area contributed by atoms with Crippen LogP contribution < -0.4 is 0 Å². The molecule has 1 aromatic heterocycles. The molecule has 0 saturated heterocycles. The molecule has 3 rings (SSSR count). The Bertz CT molecular complexity index is 1120. The lowest BCUT2D eigenvalue weighted by Gasteiger charge is -2.08. The van der Waals surface area contributed by atoms with E-state index >= 15 is 0 Å². The van der Waals surface area contributed by atoms with E-state index in [0.29, 0.717) is 30.8 Å². The average Bonchev–Trinajstić information content (AvgIpc) is 3.15. The van der Waals surface area contributed by atoms with Gasteiger partial charge in [0.2, 0.25) is 17.4 Å². The number of benzene rings is 2. The van der Waals surface area contributed by atoms with Gasteiger partial charge in [-0.25, -0.2) is 9.48 Å².